The van der Waals surface area contributed by atoms with E-state index in [1.54, 1.807) is 6.08 Å². The Morgan fingerprint density at radius 1 is 0.427 bits per heavy atom. The Balaban J connectivity index is 4.06. The van der Waals surface area contributed by atoms with Crippen molar-refractivity contribution in [3.8, 4) is 0 Å². The minimum Gasteiger partial charge on any atom is -0.387 e. The van der Waals surface area contributed by atoms with E-state index in [2.05, 4.69) is 116 Å². The molecule has 0 rings (SSSR count). The van der Waals surface area contributed by atoms with Gasteiger partial charge in [0.15, 0.2) is 0 Å². The van der Waals surface area contributed by atoms with Crippen LogP contribution < -0.4 is 5.32 Å². The minimum atomic E-state index is -4.36. The lowest BCUT2D eigenvalue weighted by Gasteiger charge is -2.25. The van der Waals surface area contributed by atoms with Crippen molar-refractivity contribution in [1.82, 2.24) is 5.32 Å². The summed E-state index contributed by atoms with van der Waals surface area (Å²) in [6.07, 6.45) is 92.3. The molecule has 0 saturated heterocycles. The van der Waals surface area contributed by atoms with E-state index >= 15 is 0 Å². The molecule has 0 aliphatic carbocycles. The number of nitrogens with one attached hydrogen (secondary N) is 1. The predicted octanol–water partition coefficient (Wildman–Crippen LogP) is 21.9. The SMILES string of the molecule is CC/C=C\C/C=C\C/C=C\C/C=C\C/C=C\C/C=C\C/C=C\CCCCCCCCCCCCCCCCCCCC(=O)NC(COP(=O)(O)OCC[N+](C)(C)C)C(O)/C=C/CC/C=C/CCCCCCCCCCCCCCCCC. The molecule has 0 heterocycles. The first-order valence-electron chi connectivity index (χ1n) is 34.3. The Hall–Kier alpha value is -2.84. The number of aliphatic hydroxyl groups is 1. The van der Waals surface area contributed by atoms with Crippen molar-refractivity contribution in [3.63, 3.8) is 0 Å². The summed E-state index contributed by atoms with van der Waals surface area (Å²) < 4.78 is 23.8. The van der Waals surface area contributed by atoms with Crippen LogP contribution in [0.25, 0.3) is 0 Å². The van der Waals surface area contributed by atoms with Crippen molar-refractivity contribution in [1.29, 1.82) is 0 Å². The van der Waals surface area contributed by atoms with Gasteiger partial charge in [0.05, 0.1) is 39.9 Å². The highest BCUT2D eigenvalue weighted by Gasteiger charge is 2.28. The molecule has 0 aromatic heterocycles. The lowest BCUT2D eigenvalue weighted by atomic mass is 10.0. The molecule has 474 valence electrons. The molecule has 3 atom stereocenters. The zero-order valence-corrected chi connectivity index (χ0v) is 55.1. The number of phosphoric acid groups is 1. The van der Waals surface area contributed by atoms with Gasteiger partial charge in [0, 0.05) is 6.42 Å². The normalized spacial score (nSPS) is 14.4. The second-order valence-electron chi connectivity index (χ2n) is 24.2. The lowest BCUT2D eigenvalue weighted by molar-refractivity contribution is -0.870. The van der Waals surface area contributed by atoms with Crippen LogP contribution in [-0.4, -0.2) is 73.4 Å². The molecule has 0 bridgehead atoms. The molecule has 3 N–H and O–H groups in total. The van der Waals surface area contributed by atoms with Crippen molar-refractivity contribution < 1.29 is 32.9 Å². The van der Waals surface area contributed by atoms with E-state index in [1.807, 2.05) is 27.2 Å². The zero-order chi connectivity index (χ0) is 59.8. The first-order chi connectivity index (χ1) is 40.0. The number of unbranched alkanes of at least 4 members (excludes halogenated alkanes) is 33. The molecule has 0 aliphatic rings. The Kier molecular flexibility index (Phi) is 60.5. The monoisotopic (exact) mass is 1160 g/mol. The maximum atomic E-state index is 13.0. The summed E-state index contributed by atoms with van der Waals surface area (Å²) in [6, 6.07) is -0.869. The van der Waals surface area contributed by atoms with Crippen molar-refractivity contribution in [2.75, 3.05) is 40.9 Å². The maximum Gasteiger partial charge on any atom is 0.472 e. The van der Waals surface area contributed by atoms with E-state index in [4.69, 9.17) is 9.05 Å². The van der Waals surface area contributed by atoms with E-state index in [1.165, 1.54) is 193 Å². The van der Waals surface area contributed by atoms with Gasteiger partial charge < -0.3 is 19.8 Å². The van der Waals surface area contributed by atoms with Crippen LogP contribution in [0.1, 0.15) is 296 Å². The second kappa shape index (κ2) is 62.7. The van der Waals surface area contributed by atoms with Crippen LogP contribution in [-0.2, 0) is 18.4 Å². The summed E-state index contributed by atoms with van der Waals surface area (Å²) in [6.45, 7) is 4.70. The van der Waals surface area contributed by atoms with E-state index in [0.717, 1.165) is 83.5 Å². The number of phosphoric ester groups is 1. The molecule has 0 aromatic carbocycles. The number of likely N-dealkylation sites (N-methyl/N-ethyl adjacent to an activating group) is 1. The molecule has 0 saturated carbocycles. The van der Waals surface area contributed by atoms with E-state index in [0.29, 0.717) is 17.4 Å². The molecule has 3 unspecified atom stereocenters. The standard InChI is InChI=1S/C73H131N2O6P/c1-6-8-10-12-14-16-18-20-22-24-26-28-29-30-31-32-33-34-35-36-37-38-39-40-41-42-43-44-45-47-49-51-53-55-57-59-61-63-65-67-73(77)74-71(70-81-82(78,79)80-69-68-75(3,4)5)72(76)66-64-62-60-58-56-54-52-50-48-46-27-25-23-21-19-17-15-13-11-9-7-2/h8,10,14,16,20,22,26,28,30-31,33-34,36-37,56,58,64,66,71-72,76H,6-7,9,11-13,15,17-19,21,23-25,27,29,32,35,38-55,57,59-63,65,67-70H2,1-5H3,(H-,74,77,78,79)/p+1/b10-8-,16-14-,22-20-,28-26-,31-30-,34-33-,37-36-,58-56+,66-64+. The molecule has 9 heteroatoms. The molecular formula is C73H132N2O6P+. The van der Waals surface area contributed by atoms with Gasteiger partial charge >= 0.3 is 7.82 Å². The van der Waals surface area contributed by atoms with Crippen LogP contribution in [0.2, 0.25) is 0 Å². The highest BCUT2D eigenvalue weighted by atomic mass is 31.2. The fraction of sp³-hybridized carbons (Fsp3) is 0.740. The number of rotatable bonds is 62. The largest absolute Gasteiger partial charge is 0.472 e. The van der Waals surface area contributed by atoms with Gasteiger partial charge in [-0.2, -0.15) is 0 Å². The summed E-state index contributed by atoms with van der Waals surface area (Å²) in [5, 5.41) is 14.0. The first-order valence-corrected chi connectivity index (χ1v) is 35.8. The summed E-state index contributed by atoms with van der Waals surface area (Å²) in [5.41, 5.74) is 0. The number of quaternary nitrogens is 1. The van der Waals surface area contributed by atoms with Gasteiger partial charge in [-0.1, -0.05) is 309 Å². The maximum absolute atomic E-state index is 13.0. The molecule has 0 aliphatic heterocycles. The molecule has 0 spiro atoms. The average Bonchev–Trinajstić information content (AvgIpc) is 3.46. The Bertz CT molecular complexity index is 1700. The van der Waals surface area contributed by atoms with Gasteiger partial charge in [-0.05, 0) is 89.9 Å². The number of carbonyl (C=O) groups is 1. The van der Waals surface area contributed by atoms with Gasteiger partial charge in [-0.3, -0.25) is 13.8 Å². The summed E-state index contributed by atoms with van der Waals surface area (Å²) >= 11 is 0. The van der Waals surface area contributed by atoms with E-state index in [9.17, 15) is 19.4 Å². The molecular weight excluding hydrogens is 1030 g/mol. The average molecular weight is 1160 g/mol. The Morgan fingerprint density at radius 3 is 1.12 bits per heavy atom. The quantitative estimate of drug-likeness (QED) is 0.0243. The number of allylic oxidation sites excluding steroid dienone is 17. The highest BCUT2D eigenvalue weighted by Crippen LogP contribution is 2.43. The molecule has 0 radical (unpaired) electrons. The molecule has 0 fully saturated rings. The number of hydrogen-bond donors (Lipinski definition) is 3. The molecule has 1 amide bonds. The van der Waals surface area contributed by atoms with Crippen LogP contribution in [0, 0.1) is 0 Å². The molecule has 0 aromatic rings. The van der Waals surface area contributed by atoms with Crippen LogP contribution in [0.4, 0.5) is 0 Å². The first kappa shape index (κ1) is 79.2. The van der Waals surface area contributed by atoms with Crippen LogP contribution in [0.15, 0.2) is 109 Å². The second-order valence-corrected chi connectivity index (χ2v) is 25.6. The fourth-order valence-electron chi connectivity index (χ4n) is 9.69. The molecule has 8 nitrogen and oxygen atoms in total. The Labute approximate surface area is 508 Å². The topological polar surface area (TPSA) is 105 Å². The van der Waals surface area contributed by atoms with Gasteiger partial charge in [0.25, 0.3) is 0 Å². The number of hydrogen-bond acceptors (Lipinski definition) is 5. The lowest BCUT2D eigenvalue weighted by Crippen LogP contribution is -2.45. The predicted molar refractivity (Wildman–Crippen MR) is 359 cm³/mol. The summed E-state index contributed by atoms with van der Waals surface area (Å²) in [7, 11) is 1.55. The summed E-state index contributed by atoms with van der Waals surface area (Å²) in [4.78, 5) is 23.4. The number of aliphatic hydroxyl groups excluding tert-OH is 1. The van der Waals surface area contributed by atoms with Crippen molar-refractivity contribution in [2.24, 2.45) is 0 Å². The smallest absolute Gasteiger partial charge is 0.387 e. The van der Waals surface area contributed by atoms with E-state index < -0.39 is 20.0 Å². The summed E-state index contributed by atoms with van der Waals surface area (Å²) in [5.74, 6) is -0.186. The highest BCUT2D eigenvalue weighted by molar-refractivity contribution is 7.47. The third-order valence-corrected chi connectivity index (χ3v) is 16.0. The number of nitrogens with zero attached hydrogens (tertiary/aromatic N) is 1. The van der Waals surface area contributed by atoms with E-state index in [-0.39, 0.29) is 19.1 Å². The van der Waals surface area contributed by atoms with Gasteiger partial charge in [-0.25, -0.2) is 4.57 Å². The van der Waals surface area contributed by atoms with Crippen LogP contribution in [0.5, 0.6) is 0 Å². The molecule has 82 heavy (non-hydrogen) atoms. The van der Waals surface area contributed by atoms with Gasteiger partial charge in [0.1, 0.15) is 13.2 Å². The third-order valence-electron chi connectivity index (χ3n) is 15.0. The van der Waals surface area contributed by atoms with Crippen LogP contribution >= 0.6 is 7.82 Å². The van der Waals surface area contributed by atoms with Gasteiger partial charge in [0.2, 0.25) is 5.91 Å². The third kappa shape index (κ3) is 64.7. The number of amides is 1. The van der Waals surface area contributed by atoms with Crippen LogP contribution in [0.3, 0.4) is 0 Å². The Morgan fingerprint density at radius 2 is 0.744 bits per heavy atom. The van der Waals surface area contributed by atoms with Crippen molar-refractivity contribution in [3.05, 3.63) is 109 Å². The van der Waals surface area contributed by atoms with Crippen molar-refractivity contribution in [2.45, 2.75) is 309 Å². The minimum absolute atomic E-state index is 0.0536. The van der Waals surface area contributed by atoms with Gasteiger partial charge in [-0.15, -0.1) is 0 Å². The zero-order valence-electron chi connectivity index (χ0n) is 54.2. The fourth-order valence-corrected chi connectivity index (χ4v) is 10.4. The van der Waals surface area contributed by atoms with Crippen molar-refractivity contribution >= 4 is 13.7 Å². The number of carbonyl (C=O) groups excluding carboxylic acids is 1.